The molecule has 6 N–H and O–H groups in total. The molecule has 1 amide bonds. The second kappa shape index (κ2) is 10.4. The van der Waals surface area contributed by atoms with Gasteiger partial charge in [0.05, 0.1) is 30.2 Å². The number of fused-ring (bicyclic) bond motifs is 2. The van der Waals surface area contributed by atoms with Crippen LogP contribution in [0.15, 0.2) is 47.3 Å². The van der Waals surface area contributed by atoms with E-state index in [4.69, 9.17) is 5.11 Å². The second-order valence-electron chi connectivity index (χ2n) is 8.77. The van der Waals surface area contributed by atoms with Crippen LogP contribution in [0.4, 0.5) is 14.5 Å². The SMILES string of the molecule is O=C(O)CC(O)CC(O)CCNC(=O)c1ccc2c(c1)NC(c1cc3c(F)cccc3[nH]c1=O)C2F. The topological polar surface area (TPSA) is 152 Å². The molecule has 1 aliphatic rings. The Morgan fingerprint density at radius 2 is 1.86 bits per heavy atom. The Morgan fingerprint density at radius 1 is 1.08 bits per heavy atom. The minimum atomic E-state index is -1.60. The fraction of sp³-hybridized carbons (Fsp3) is 0.320. The maximum Gasteiger partial charge on any atom is 0.305 e. The summed E-state index contributed by atoms with van der Waals surface area (Å²) in [5.41, 5.74) is 0.577. The lowest BCUT2D eigenvalue weighted by atomic mass is 10.00. The number of rotatable bonds is 9. The van der Waals surface area contributed by atoms with E-state index in [1.54, 1.807) is 6.07 Å². The number of carbonyl (C=O) groups is 2. The zero-order valence-corrected chi connectivity index (χ0v) is 19.0. The number of carboxylic acid groups (broad SMARTS) is 1. The summed E-state index contributed by atoms with van der Waals surface area (Å²) in [4.78, 5) is 38.3. The standard InChI is InChI=1S/C25H25F2N3O6/c26-18-2-1-3-19-16(18)11-17(25(36)30-19)23-22(27)15-5-4-12(8-20(15)29-23)24(35)28-7-6-13(31)9-14(32)10-21(33)34/h1-5,8,11,13-14,22-23,29,31-32H,6-7,9-10H2,(H,28,35)(H,30,36)(H,33,34). The molecule has 190 valence electrons. The first-order valence-electron chi connectivity index (χ1n) is 11.4. The number of H-pyrrole nitrogens is 1. The highest BCUT2D eigenvalue weighted by Gasteiger charge is 2.35. The molecule has 0 spiro atoms. The predicted octanol–water partition coefficient (Wildman–Crippen LogP) is 2.55. The van der Waals surface area contributed by atoms with Crippen molar-refractivity contribution >= 4 is 28.5 Å². The third kappa shape index (κ3) is 5.37. The molecule has 1 aliphatic heterocycles. The molecule has 0 saturated carbocycles. The molecule has 0 radical (unpaired) electrons. The van der Waals surface area contributed by atoms with Crippen LogP contribution in [0.1, 0.15) is 53.0 Å². The molecular formula is C25H25F2N3O6. The number of aliphatic hydroxyl groups excluding tert-OH is 2. The lowest BCUT2D eigenvalue weighted by Crippen LogP contribution is -2.29. The molecule has 3 aromatic rings. The van der Waals surface area contributed by atoms with E-state index in [9.17, 15) is 29.0 Å². The van der Waals surface area contributed by atoms with Gasteiger partial charge in [-0.15, -0.1) is 0 Å². The van der Waals surface area contributed by atoms with E-state index in [0.717, 1.165) is 0 Å². The molecule has 0 aliphatic carbocycles. The summed E-state index contributed by atoms with van der Waals surface area (Å²) in [7, 11) is 0. The van der Waals surface area contributed by atoms with E-state index < -0.39 is 54.1 Å². The molecule has 9 nitrogen and oxygen atoms in total. The maximum absolute atomic E-state index is 15.3. The van der Waals surface area contributed by atoms with E-state index in [-0.39, 0.29) is 41.5 Å². The number of halogens is 2. The molecule has 0 saturated heterocycles. The molecule has 4 rings (SSSR count). The van der Waals surface area contributed by atoms with Gasteiger partial charge in [0.2, 0.25) is 0 Å². The number of benzene rings is 2. The maximum atomic E-state index is 15.3. The highest BCUT2D eigenvalue weighted by atomic mass is 19.1. The Kier molecular flexibility index (Phi) is 7.32. The molecule has 2 heterocycles. The number of hydrogen-bond acceptors (Lipinski definition) is 6. The number of anilines is 1. The summed E-state index contributed by atoms with van der Waals surface area (Å²) in [5, 5.41) is 33.8. The Labute approximate surface area is 203 Å². The average Bonchev–Trinajstić information content (AvgIpc) is 3.13. The van der Waals surface area contributed by atoms with E-state index in [2.05, 4.69) is 15.6 Å². The van der Waals surface area contributed by atoms with Crippen LogP contribution >= 0.6 is 0 Å². The van der Waals surface area contributed by atoms with Crippen molar-refractivity contribution in [2.45, 2.75) is 43.7 Å². The summed E-state index contributed by atoms with van der Waals surface area (Å²) < 4.78 is 29.5. The van der Waals surface area contributed by atoms with Crippen molar-refractivity contribution in [1.29, 1.82) is 0 Å². The van der Waals surface area contributed by atoms with Crippen molar-refractivity contribution in [2.24, 2.45) is 0 Å². The molecule has 0 fully saturated rings. The highest BCUT2D eigenvalue weighted by molar-refractivity contribution is 5.95. The number of alkyl halides is 1. The number of aromatic nitrogens is 1. The van der Waals surface area contributed by atoms with Gasteiger partial charge in [0, 0.05) is 34.3 Å². The zero-order chi connectivity index (χ0) is 26.0. The molecule has 11 heteroatoms. The largest absolute Gasteiger partial charge is 0.481 e. The molecule has 4 unspecified atom stereocenters. The van der Waals surface area contributed by atoms with Crippen molar-refractivity contribution < 1.29 is 33.7 Å². The van der Waals surface area contributed by atoms with Crippen molar-refractivity contribution in [1.82, 2.24) is 10.3 Å². The van der Waals surface area contributed by atoms with Gasteiger partial charge in [-0.25, -0.2) is 8.78 Å². The fourth-order valence-corrected chi connectivity index (χ4v) is 4.33. The van der Waals surface area contributed by atoms with Crippen LogP contribution in [0.5, 0.6) is 0 Å². The number of aliphatic carboxylic acids is 1. The summed E-state index contributed by atoms with van der Waals surface area (Å²) in [6.45, 7) is 0.0662. The minimum Gasteiger partial charge on any atom is -0.481 e. The third-order valence-corrected chi connectivity index (χ3v) is 6.13. The summed E-state index contributed by atoms with van der Waals surface area (Å²) >= 11 is 0. The van der Waals surface area contributed by atoms with Gasteiger partial charge < -0.3 is 30.9 Å². The first-order valence-corrected chi connectivity index (χ1v) is 11.4. The number of carbonyl (C=O) groups excluding carboxylic acids is 1. The Morgan fingerprint density at radius 3 is 2.61 bits per heavy atom. The third-order valence-electron chi connectivity index (χ3n) is 6.13. The molecular weight excluding hydrogens is 476 g/mol. The summed E-state index contributed by atoms with van der Waals surface area (Å²) in [6, 6.07) is 8.83. The van der Waals surface area contributed by atoms with Gasteiger partial charge in [0.1, 0.15) is 5.82 Å². The average molecular weight is 501 g/mol. The lowest BCUT2D eigenvalue weighted by molar-refractivity contribution is -0.139. The van der Waals surface area contributed by atoms with E-state index in [1.807, 2.05) is 0 Å². The zero-order valence-electron chi connectivity index (χ0n) is 19.0. The van der Waals surface area contributed by atoms with Crippen molar-refractivity contribution in [3.63, 3.8) is 0 Å². The van der Waals surface area contributed by atoms with Gasteiger partial charge in [-0.2, -0.15) is 0 Å². The van der Waals surface area contributed by atoms with Crippen molar-refractivity contribution in [3.05, 3.63) is 75.3 Å². The summed E-state index contributed by atoms with van der Waals surface area (Å²) in [5.74, 6) is -2.21. The number of aromatic amines is 1. The summed E-state index contributed by atoms with van der Waals surface area (Å²) in [6.07, 6.45) is -4.32. The minimum absolute atomic E-state index is 0.0291. The van der Waals surface area contributed by atoms with Gasteiger partial charge in [0.25, 0.3) is 11.5 Å². The van der Waals surface area contributed by atoms with Crippen LogP contribution in [0.25, 0.3) is 10.9 Å². The highest BCUT2D eigenvalue weighted by Crippen LogP contribution is 2.44. The number of pyridine rings is 1. The smallest absolute Gasteiger partial charge is 0.305 e. The second-order valence-corrected chi connectivity index (χ2v) is 8.77. The van der Waals surface area contributed by atoms with Crippen LogP contribution < -0.4 is 16.2 Å². The van der Waals surface area contributed by atoms with Crippen LogP contribution in [0.2, 0.25) is 0 Å². The van der Waals surface area contributed by atoms with Crippen LogP contribution in [-0.4, -0.2) is 50.9 Å². The van der Waals surface area contributed by atoms with Gasteiger partial charge in [-0.1, -0.05) is 12.1 Å². The van der Waals surface area contributed by atoms with Crippen molar-refractivity contribution in [2.75, 3.05) is 11.9 Å². The first-order chi connectivity index (χ1) is 17.1. The van der Waals surface area contributed by atoms with Gasteiger partial charge >= 0.3 is 5.97 Å². The first kappa shape index (κ1) is 25.3. The Bertz CT molecular complexity index is 1360. The van der Waals surface area contributed by atoms with Crippen LogP contribution in [0, 0.1) is 5.82 Å². The van der Waals surface area contributed by atoms with Gasteiger partial charge in [0.15, 0.2) is 6.17 Å². The lowest BCUT2D eigenvalue weighted by Gasteiger charge is -2.15. The van der Waals surface area contributed by atoms with Crippen molar-refractivity contribution in [3.8, 4) is 0 Å². The Balaban J connectivity index is 1.42. The number of aliphatic hydroxyl groups is 2. The molecule has 2 aromatic carbocycles. The molecule has 0 bridgehead atoms. The quantitative estimate of drug-likeness (QED) is 0.264. The van der Waals surface area contributed by atoms with E-state index in [1.165, 1.54) is 36.4 Å². The normalized spacial score (nSPS) is 18.3. The number of amides is 1. The van der Waals surface area contributed by atoms with Gasteiger partial charge in [-0.3, -0.25) is 14.4 Å². The number of hydrogen-bond donors (Lipinski definition) is 6. The molecule has 4 atom stereocenters. The van der Waals surface area contributed by atoms with Gasteiger partial charge in [-0.05, 0) is 43.2 Å². The predicted molar refractivity (Wildman–Crippen MR) is 127 cm³/mol. The Hall–Kier alpha value is -3.83. The molecule has 1 aromatic heterocycles. The number of carboxylic acids is 1. The van der Waals surface area contributed by atoms with Crippen LogP contribution in [-0.2, 0) is 4.79 Å². The molecule has 36 heavy (non-hydrogen) atoms. The van der Waals surface area contributed by atoms with E-state index >= 15 is 4.39 Å². The van der Waals surface area contributed by atoms with Crippen LogP contribution in [0.3, 0.4) is 0 Å². The number of nitrogens with one attached hydrogen (secondary N) is 3. The monoisotopic (exact) mass is 501 g/mol. The van der Waals surface area contributed by atoms with E-state index in [0.29, 0.717) is 11.2 Å². The fourth-order valence-electron chi connectivity index (χ4n) is 4.33.